The van der Waals surface area contributed by atoms with Crippen LogP contribution in [0.5, 0.6) is 0 Å². The second-order valence-electron chi connectivity index (χ2n) is 5.54. The van der Waals surface area contributed by atoms with Gasteiger partial charge in [-0.3, -0.25) is 0 Å². The molecule has 5 heteroatoms. The number of oxazole rings is 1. The van der Waals surface area contributed by atoms with Crippen molar-refractivity contribution in [2.24, 2.45) is 0 Å². The highest BCUT2D eigenvalue weighted by Gasteiger charge is 2.11. The molecule has 0 spiro atoms. The Morgan fingerprint density at radius 3 is 2.62 bits per heavy atom. The van der Waals surface area contributed by atoms with Gasteiger partial charge in [0.2, 0.25) is 5.89 Å². The highest BCUT2D eigenvalue weighted by atomic mass is 16.4. The Morgan fingerprint density at radius 1 is 1.08 bits per heavy atom. The Morgan fingerprint density at radius 2 is 1.88 bits per heavy atom. The zero-order valence-electron chi connectivity index (χ0n) is 12.7. The number of aromatic carboxylic acids is 1. The molecule has 2 aromatic carbocycles. The van der Waals surface area contributed by atoms with Gasteiger partial charge in [-0.25, -0.2) is 9.78 Å². The molecular formula is C19H14N2O3. The van der Waals surface area contributed by atoms with Gasteiger partial charge in [-0.15, -0.1) is 0 Å². The number of carbonyl (C=O) groups is 1. The van der Waals surface area contributed by atoms with Crippen molar-refractivity contribution < 1.29 is 14.3 Å². The summed E-state index contributed by atoms with van der Waals surface area (Å²) in [5.41, 5.74) is 3.00. The van der Waals surface area contributed by atoms with E-state index in [1.807, 2.05) is 36.4 Å². The zero-order valence-corrected chi connectivity index (χ0v) is 12.7. The first-order valence-electron chi connectivity index (χ1n) is 7.53. The summed E-state index contributed by atoms with van der Waals surface area (Å²) in [7, 11) is 0. The second kappa shape index (κ2) is 5.70. The third-order valence-electron chi connectivity index (χ3n) is 3.96. The molecule has 2 heterocycles. The van der Waals surface area contributed by atoms with Crippen molar-refractivity contribution in [3.05, 3.63) is 78.3 Å². The zero-order chi connectivity index (χ0) is 16.5. The summed E-state index contributed by atoms with van der Waals surface area (Å²) in [6, 6.07) is 18.1. The van der Waals surface area contributed by atoms with E-state index in [2.05, 4.69) is 33.9 Å². The number of benzene rings is 2. The van der Waals surface area contributed by atoms with Gasteiger partial charge in [-0.05, 0) is 35.2 Å². The van der Waals surface area contributed by atoms with Crippen LogP contribution in [-0.4, -0.2) is 20.6 Å². The Bertz CT molecular complexity index is 1010. The van der Waals surface area contributed by atoms with Crippen LogP contribution in [0.2, 0.25) is 0 Å². The van der Waals surface area contributed by atoms with Crippen LogP contribution < -0.4 is 0 Å². The molecule has 0 bridgehead atoms. The quantitative estimate of drug-likeness (QED) is 0.616. The Kier molecular flexibility index (Phi) is 3.39. The molecule has 24 heavy (non-hydrogen) atoms. The third-order valence-corrected chi connectivity index (χ3v) is 3.96. The lowest BCUT2D eigenvalue weighted by Gasteiger charge is -2.06. The van der Waals surface area contributed by atoms with Gasteiger partial charge in [-0.2, -0.15) is 0 Å². The van der Waals surface area contributed by atoms with E-state index in [0.717, 1.165) is 23.9 Å². The molecule has 0 unspecified atom stereocenters. The number of rotatable bonds is 4. The van der Waals surface area contributed by atoms with E-state index in [1.54, 1.807) is 0 Å². The summed E-state index contributed by atoms with van der Waals surface area (Å²) >= 11 is 0. The fourth-order valence-corrected chi connectivity index (χ4v) is 2.73. The van der Waals surface area contributed by atoms with Crippen molar-refractivity contribution >= 4 is 16.9 Å². The van der Waals surface area contributed by atoms with Crippen LogP contribution in [0, 0.1) is 0 Å². The smallest absolute Gasteiger partial charge is 0.357 e. The molecular weight excluding hydrogens is 304 g/mol. The highest BCUT2D eigenvalue weighted by molar-refractivity contribution is 5.85. The van der Waals surface area contributed by atoms with Crippen LogP contribution in [0.3, 0.4) is 0 Å². The summed E-state index contributed by atoms with van der Waals surface area (Å²) in [4.78, 5) is 14.8. The number of hydrogen-bond donors (Lipinski definition) is 1. The summed E-state index contributed by atoms with van der Waals surface area (Å²) in [5, 5.41) is 10.1. The predicted molar refractivity (Wildman–Crippen MR) is 89.9 cm³/mol. The molecule has 0 fully saturated rings. The summed E-state index contributed by atoms with van der Waals surface area (Å²) in [6.45, 7) is 0.764. The van der Waals surface area contributed by atoms with Crippen LogP contribution in [-0.2, 0) is 6.54 Å². The first-order chi connectivity index (χ1) is 11.7. The minimum Gasteiger partial charge on any atom is -0.476 e. The van der Waals surface area contributed by atoms with Crippen molar-refractivity contribution in [2.75, 3.05) is 0 Å². The highest BCUT2D eigenvalue weighted by Crippen LogP contribution is 2.21. The lowest BCUT2D eigenvalue weighted by molar-refractivity contribution is 0.0690. The van der Waals surface area contributed by atoms with Crippen molar-refractivity contribution in [3.8, 4) is 11.5 Å². The molecule has 0 aliphatic heterocycles. The molecule has 0 radical (unpaired) electrons. The van der Waals surface area contributed by atoms with E-state index in [9.17, 15) is 4.79 Å². The molecule has 1 N–H and O–H groups in total. The van der Waals surface area contributed by atoms with E-state index in [-0.39, 0.29) is 5.69 Å². The van der Waals surface area contributed by atoms with Crippen LogP contribution in [0.15, 0.2) is 71.5 Å². The van der Waals surface area contributed by atoms with Crippen LogP contribution in [0.1, 0.15) is 16.1 Å². The lowest BCUT2D eigenvalue weighted by atomic mass is 10.1. The molecule has 118 valence electrons. The molecule has 0 aliphatic rings. The molecule has 0 saturated heterocycles. The predicted octanol–water partition coefficient (Wildman–Crippen LogP) is 4.04. The molecule has 5 nitrogen and oxygen atoms in total. The minimum atomic E-state index is -1.10. The van der Waals surface area contributed by atoms with Crippen molar-refractivity contribution in [2.45, 2.75) is 6.54 Å². The van der Waals surface area contributed by atoms with Crippen LogP contribution in [0.25, 0.3) is 22.4 Å². The van der Waals surface area contributed by atoms with Crippen molar-refractivity contribution in [1.29, 1.82) is 0 Å². The first kappa shape index (κ1) is 14.3. The van der Waals surface area contributed by atoms with E-state index in [0.29, 0.717) is 5.89 Å². The van der Waals surface area contributed by atoms with Gasteiger partial charge >= 0.3 is 5.97 Å². The monoisotopic (exact) mass is 318 g/mol. The summed E-state index contributed by atoms with van der Waals surface area (Å²) in [6.07, 6.45) is 3.23. The van der Waals surface area contributed by atoms with Gasteiger partial charge in [-0.1, -0.05) is 30.3 Å². The molecule has 0 amide bonds. The molecule has 0 saturated carbocycles. The van der Waals surface area contributed by atoms with Crippen LogP contribution >= 0.6 is 0 Å². The van der Waals surface area contributed by atoms with Gasteiger partial charge in [0.15, 0.2) is 5.69 Å². The Labute approximate surface area is 137 Å². The normalized spacial score (nSPS) is 11.0. The van der Waals surface area contributed by atoms with Gasteiger partial charge < -0.3 is 14.1 Å². The maximum Gasteiger partial charge on any atom is 0.357 e. The lowest BCUT2D eigenvalue weighted by Crippen LogP contribution is -1.97. The number of aromatic nitrogens is 2. The molecule has 0 atom stereocenters. The maximum atomic E-state index is 10.9. The molecule has 4 rings (SSSR count). The SMILES string of the molecule is O=C(O)c1coc(-c2ccc(Cn3ccc4ccccc43)cc2)n1. The van der Waals surface area contributed by atoms with E-state index >= 15 is 0 Å². The van der Waals surface area contributed by atoms with Gasteiger partial charge in [0, 0.05) is 23.8 Å². The topological polar surface area (TPSA) is 68.3 Å². The molecule has 0 aliphatic carbocycles. The Hall–Kier alpha value is -3.34. The number of hydrogen-bond acceptors (Lipinski definition) is 3. The van der Waals surface area contributed by atoms with Gasteiger partial charge in [0.05, 0.1) is 0 Å². The van der Waals surface area contributed by atoms with Gasteiger partial charge in [0.1, 0.15) is 6.26 Å². The number of nitrogens with zero attached hydrogens (tertiary/aromatic N) is 2. The minimum absolute atomic E-state index is 0.0899. The average molecular weight is 318 g/mol. The summed E-state index contributed by atoms with van der Waals surface area (Å²) < 4.78 is 7.41. The van der Waals surface area contributed by atoms with E-state index in [4.69, 9.17) is 9.52 Å². The fraction of sp³-hybridized carbons (Fsp3) is 0.0526. The van der Waals surface area contributed by atoms with Crippen LogP contribution in [0.4, 0.5) is 0 Å². The van der Waals surface area contributed by atoms with Crippen molar-refractivity contribution in [3.63, 3.8) is 0 Å². The number of carboxylic acid groups (broad SMARTS) is 1. The number of carboxylic acids is 1. The largest absolute Gasteiger partial charge is 0.476 e. The van der Waals surface area contributed by atoms with E-state index < -0.39 is 5.97 Å². The molecule has 2 aromatic heterocycles. The molecule has 4 aromatic rings. The average Bonchev–Trinajstić information content (AvgIpc) is 3.24. The standard InChI is InChI=1S/C19H14N2O3/c22-19(23)16-12-24-18(20-16)15-7-5-13(6-8-15)11-21-10-9-14-3-1-2-4-17(14)21/h1-10,12H,11H2,(H,22,23). The summed E-state index contributed by atoms with van der Waals surface area (Å²) in [5.74, 6) is -0.786. The fourth-order valence-electron chi connectivity index (χ4n) is 2.73. The van der Waals surface area contributed by atoms with Crippen molar-refractivity contribution in [1.82, 2.24) is 9.55 Å². The Balaban J connectivity index is 1.58. The first-order valence-corrected chi connectivity index (χ1v) is 7.53. The van der Waals surface area contributed by atoms with Gasteiger partial charge in [0.25, 0.3) is 0 Å². The maximum absolute atomic E-state index is 10.9. The van der Waals surface area contributed by atoms with E-state index in [1.165, 1.54) is 10.9 Å². The number of para-hydroxylation sites is 1. The number of fused-ring (bicyclic) bond motifs is 1. The third kappa shape index (κ3) is 2.56. The second-order valence-corrected chi connectivity index (χ2v) is 5.54.